The fourth-order valence-electron chi connectivity index (χ4n) is 5.51. The Balaban J connectivity index is 1.53. The van der Waals surface area contributed by atoms with Crippen molar-refractivity contribution in [2.24, 2.45) is 4.99 Å². The molecule has 0 saturated carbocycles. The smallest absolute Gasteiger partial charge is 0.265 e. The molecule has 5 aromatic rings. The van der Waals surface area contributed by atoms with Gasteiger partial charge in [-0.3, -0.25) is 9.59 Å². The number of carbonyl (C=O) groups is 1. The number of carbonyl (C=O) groups excluding carboxylic acids is 1. The Morgan fingerprint density at radius 1 is 0.878 bits per heavy atom. The summed E-state index contributed by atoms with van der Waals surface area (Å²) in [6.45, 7) is 5.44. The highest BCUT2D eigenvalue weighted by atomic mass is 32.1. The van der Waals surface area contributed by atoms with Gasteiger partial charge in [0.25, 0.3) is 11.5 Å². The molecule has 3 aromatic carbocycles. The molecule has 1 fully saturated rings. The van der Waals surface area contributed by atoms with Gasteiger partial charge in [-0.15, -0.1) is 11.3 Å². The van der Waals surface area contributed by atoms with Gasteiger partial charge in [-0.1, -0.05) is 66.2 Å². The van der Waals surface area contributed by atoms with Crippen molar-refractivity contribution in [3.63, 3.8) is 0 Å². The Labute approximate surface area is 242 Å². The van der Waals surface area contributed by atoms with Crippen LogP contribution in [0.5, 0.6) is 5.88 Å². The van der Waals surface area contributed by atoms with Crippen molar-refractivity contribution in [1.29, 1.82) is 0 Å². The van der Waals surface area contributed by atoms with Crippen molar-refractivity contribution in [3.8, 4) is 22.0 Å². The average molecular weight is 562 g/mol. The molecule has 6 nitrogen and oxygen atoms in total. The number of rotatable bonds is 5. The van der Waals surface area contributed by atoms with Crippen LogP contribution in [0.1, 0.15) is 46.3 Å². The maximum atomic E-state index is 13.9. The largest absolute Gasteiger partial charge is 0.494 e. The van der Waals surface area contributed by atoms with E-state index in [1.165, 1.54) is 15.9 Å². The number of aromatic nitrogens is 1. The van der Waals surface area contributed by atoms with Gasteiger partial charge in [-0.05, 0) is 62.4 Å². The Morgan fingerprint density at radius 2 is 1.54 bits per heavy atom. The molecule has 0 spiro atoms. The van der Waals surface area contributed by atoms with Crippen LogP contribution < -0.4 is 5.56 Å². The number of nitrogens with zero attached hydrogens (tertiary/aromatic N) is 3. The van der Waals surface area contributed by atoms with E-state index in [9.17, 15) is 14.7 Å². The molecule has 1 aliphatic heterocycles. The maximum Gasteiger partial charge on any atom is 0.265 e. The third-order valence-corrected chi connectivity index (χ3v) is 8.98. The summed E-state index contributed by atoms with van der Waals surface area (Å²) in [7, 11) is 0. The summed E-state index contributed by atoms with van der Waals surface area (Å²) >= 11 is 1.47. The molecule has 1 saturated heterocycles. The minimum atomic E-state index is -0.307. The van der Waals surface area contributed by atoms with E-state index in [2.05, 4.69) is 0 Å². The fourth-order valence-corrected chi connectivity index (χ4v) is 6.66. The Bertz CT molecular complexity index is 1830. The monoisotopic (exact) mass is 561 g/mol. The second-order valence-electron chi connectivity index (χ2n) is 10.5. The molecule has 3 heterocycles. The summed E-state index contributed by atoms with van der Waals surface area (Å²) in [6.07, 6.45) is 4.73. The van der Waals surface area contributed by atoms with E-state index >= 15 is 0 Å². The van der Waals surface area contributed by atoms with Crippen LogP contribution in [-0.2, 0) is 0 Å². The van der Waals surface area contributed by atoms with Crippen molar-refractivity contribution in [2.75, 3.05) is 13.1 Å². The highest BCUT2D eigenvalue weighted by Gasteiger charge is 2.27. The highest BCUT2D eigenvalue weighted by molar-refractivity contribution is 7.19. The number of aliphatic imine (C=N–C) groups is 1. The normalized spacial score (nSPS) is 13.8. The topological polar surface area (TPSA) is 74.9 Å². The minimum absolute atomic E-state index is 0.00788. The van der Waals surface area contributed by atoms with Crippen molar-refractivity contribution in [2.45, 2.75) is 33.1 Å². The van der Waals surface area contributed by atoms with Gasteiger partial charge in [0.15, 0.2) is 0 Å². The number of benzene rings is 3. The van der Waals surface area contributed by atoms with Gasteiger partial charge in [0.1, 0.15) is 5.00 Å². The number of thiophene rings is 1. The molecule has 0 atom stereocenters. The third kappa shape index (κ3) is 4.98. The molecule has 0 unspecified atom stereocenters. The molecule has 1 amide bonds. The van der Waals surface area contributed by atoms with Gasteiger partial charge >= 0.3 is 0 Å². The fraction of sp³-hybridized carbons (Fsp3) is 0.206. The number of hydrogen-bond acceptors (Lipinski definition) is 5. The van der Waals surface area contributed by atoms with Gasteiger partial charge in [-0.25, -0.2) is 9.56 Å². The number of pyridine rings is 1. The Morgan fingerprint density at radius 3 is 2.24 bits per heavy atom. The number of aryl methyl sites for hydroxylation is 1. The van der Waals surface area contributed by atoms with E-state index in [4.69, 9.17) is 4.99 Å². The minimum Gasteiger partial charge on any atom is -0.494 e. The molecular weight excluding hydrogens is 530 g/mol. The zero-order chi connectivity index (χ0) is 28.5. The summed E-state index contributed by atoms with van der Waals surface area (Å²) in [5.41, 5.74) is 4.27. The van der Waals surface area contributed by atoms with Crippen LogP contribution in [0.3, 0.4) is 0 Å². The number of fused-ring (bicyclic) bond motifs is 1. The quantitative estimate of drug-likeness (QED) is 0.227. The summed E-state index contributed by atoms with van der Waals surface area (Å²) in [5, 5.41) is 13.2. The van der Waals surface area contributed by atoms with Crippen LogP contribution in [0.15, 0.2) is 88.6 Å². The molecule has 41 heavy (non-hydrogen) atoms. The summed E-state index contributed by atoms with van der Waals surface area (Å²) in [4.78, 5) is 35.1. The van der Waals surface area contributed by atoms with E-state index in [0.717, 1.165) is 53.9 Å². The summed E-state index contributed by atoms with van der Waals surface area (Å²) in [5.74, 6) is -0.201. The van der Waals surface area contributed by atoms with Crippen molar-refractivity contribution in [1.82, 2.24) is 9.47 Å². The molecule has 7 heteroatoms. The molecule has 1 aliphatic rings. The van der Waals surface area contributed by atoms with Crippen molar-refractivity contribution < 1.29 is 9.90 Å². The number of aromatic hydroxyl groups is 1. The van der Waals surface area contributed by atoms with Crippen LogP contribution in [-0.4, -0.2) is 39.8 Å². The number of likely N-dealkylation sites (tertiary alicyclic amines) is 1. The van der Waals surface area contributed by atoms with E-state index in [-0.39, 0.29) is 17.3 Å². The SMILES string of the molecule is Cc1ccc(-n2c(O)c(/C=N/c3sc(-c4ccccc4)c(C)c3C(=O)N3CCCCC3)c3ccccc3c2=O)cc1. The average Bonchev–Trinajstić information content (AvgIpc) is 3.34. The predicted molar refractivity (Wildman–Crippen MR) is 167 cm³/mol. The van der Waals surface area contributed by atoms with E-state index < -0.39 is 0 Å². The molecule has 206 valence electrons. The number of hydrogen-bond donors (Lipinski definition) is 1. The second kappa shape index (κ2) is 11.2. The van der Waals surface area contributed by atoms with Gasteiger partial charge < -0.3 is 10.0 Å². The van der Waals surface area contributed by atoms with Gasteiger partial charge in [0, 0.05) is 35.0 Å². The lowest BCUT2D eigenvalue weighted by molar-refractivity contribution is 0.0725. The first-order valence-corrected chi connectivity index (χ1v) is 14.7. The second-order valence-corrected chi connectivity index (χ2v) is 11.5. The molecular formula is C34H31N3O3S. The maximum absolute atomic E-state index is 13.9. The number of amides is 1. The highest BCUT2D eigenvalue weighted by Crippen LogP contribution is 2.42. The van der Waals surface area contributed by atoms with Crippen molar-refractivity contribution in [3.05, 3.63) is 111 Å². The lowest BCUT2D eigenvalue weighted by Crippen LogP contribution is -2.35. The Hall–Kier alpha value is -4.49. The number of piperidine rings is 1. The molecule has 1 N–H and O–H groups in total. The van der Waals surface area contributed by atoms with Crippen LogP contribution in [0.4, 0.5) is 5.00 Å². The summed E-state index contributed by atoms with van der Waals surface area (Å²) < 4.78 is 1.32. The zero-order valence-electron chi connectivity index (χ0n) is 23.1. The summed E-state index contributed by atoms with van der Waals surface area (Å²) in [6, 6.07) is 24.7. The lowest BCUT2D eigenvalue weighted by Gasteiger charge is -2.27. The predicted octanol–water partition coefficient (Wildman–Crippen LogP) is 7.42. The zero-order valence-corrected chi connectivity index (χ0v) is 23.9. The molecule has 2 aromatic heterocycles. The molecule has 0 radical (unpaired) electrons. The van der Waals surface area contributed by atoms with E-state index in [1.54, 1.807) is 12.3 Å². The first-order valence-electron chi connectivity index (χ1n) is 13.9. The third-order valence-electron chi connectivity index (χ3n) is 7.73. The van der Waals surface area contributed by atoms with Gasteiger partial charge in [-0.2, -0.15) is 0 Å². The van der Waals surface area contributed by atoms with Crippen LogP contribution >= 0.6 is 11.3 Å². The van der Waals surface area contributed by atoms with Crippen LogP contribution in [0.2, 0.25) is 0 Å². The standard InChI is InChI=1S/C34H31N3O3S/c1-22-15-17-25(18-16-22)37-32(38)27-14-8-7-13-26(27)28(33(37)39)21-35-31-29(34(40)36-19-9-4-10-20-36)23(2)30(41-31)24-11-5-3-6-12-24/h3,5-8,11-18,21,39H,4,9-10,19-20H2,1-2H3/b35-21+. The first kappa shape index (κ1) is 26.7. The van der Waals surface area contributed by atoms with E-state index in [1.807, 2.05) is 91.5 Å². The van der Waals surface area contributed by atoms with E-state index in [0.29, 0.717) is 32.6 Å². The lowest BCUT2D eigenvalue weighted by atomic mass is 10.0. The van der Waals surface area contributed by atoms with Crippen molar-refractivity contribution >= 4 is 39.2 Å². The van der Waals surface area contributed by atoms with Crippen LogP contribution in [0.25, 0.3) is 26.9 Å². The first-order chi connectivity index (χ1) is 19.9. The van der Waals surface area contributed by atoms with Gasteiger partial charge in [0.2, 0.25) is 5.88 Å². The van der Waals surface area contributed by atoms with Crippen LogP contribution in [0, 0.1) is 13.8 Å². The molecule has 0 bridgehead atoms. The molecule has 0 aliphatic carbocycles. The van der Waals surface area contributed by atoms with Gasteiger partial charge in [0.05, 0.1) is 16.8 Å². The Kier molecular flexibility index (Phi) is 7.28. The molecule has 6 rings (SSSR count).